The van der Waals surface area contributed by atoms with Crippen molar-refractivity contribution in [3.63, 3.8) is 0 Å². The fourth-order valence-corrected chi connectivity index (χ4v) is 8.54. The molecule has 2 nitrogen and oxygen atoms in total. The molecule has 2 fully saturated rings. The van der Waals surface area contributed by atoms with Gasteiger partial charge in [-0.3, -0.25) is 0 Å². The number of fused-ring (bicyclic) bond motifs is 12. The zero-order valence-corrected chi connectivity index (χ0v) is 16.2. The molecular weight excluding hydrogens is 390 g/mol. The number of rotatable bonds is 2. The number of hydrogen-bond acceptors (Lipinski definition) is 2. The van der Waals surface area contributed by atoms with E-state index in [1.807, 2.05) is 0 Å². The maximum absolute atomic E-state index is 7.21. The molecule has 5 rings (SSSR count). The van der Waals surface area contributed by atoms with E-state index < -0.39 is 15.5 Å². The van der Waals surface area contributed by atoms with Crippen LogP contribution in [0.3, 0.4) is 0 Å². The van der Waals surface area contributed by atoms with Crippen LogP contribution in [-0.2, 0) is 9.47 Å². The Hall–Kier alpha value is 0.0400. The van der Waals surface area contributed by atoms with Crippen molar-refractivity contribution >= 4 is 46.4 Å². The summed E-state index contributed by atoms with van der Waals surface area (Å²) in [6.45, 7) is 0. The summed E-state index contributed by atoms with van der Waals surface area (Å²) in [5.74, 6) is -0.626. The Labute approximate surface area is 161 Å². The summed E-state index contributed by atoms with van der Waals surface area (Å²) in [6, 6.07) is 8.51. The Morgan fingerprint density at radius 1 is 0.875 bits per heavy atom. The van der Waals surface area contributed by atoms with Crippen LogP contribution in [0.25, 0.3) is 0 Å². The summed E-state index contributed by atoms with van der Waals surface area (Å²) >= 11 is 27.7. The summed E-state index contributed by atoms with van der Waals surface area (Å²) in [6.07, 6.45) is 1.02. The van der Waals surface area contributed by atoms with E-state index in [1.165, 1.54) is 11.1 Å². The van der Waals surface area contributed by atoms with E-state index in [4.69, 9.17) is 55.9 Å². The second kappa shape index (κ2) is 4.65. The molecule has 4 bridgehead atoms. The zero-order valence-electron chi connectivity index (χ0n) is 13.2. The molecule has 0 spiro atoms. The van der Waals surface area contributed by atoms with Gasteiger partial charge in [-0.15, -0.1) is 23.2 Å². The third kappa shape index (κ3) is 1.29. The van der Waals surface area contributed by atoms with Crippen LogP contribution in [-0.4, -0.2) is 29.8 Å². The average Bonchev–Trinajstić information content (AvgIpc) is 3.24. The molecule has 24 heavy (non-hydrogen) atoms. The van der Waals surface area contributed by atoms with Crippen molar-refractivity contribution in [2.75, 3.05) is 14.2 Å². The fraction of sp³-hybridized carbons (Fsp3) is 0.556. The van der Waals surface area contributed by atoms with Gasteiger partial charge in [0, 0.05) is 26.1 Å². The fourth-order valence-electron chi connectivity index (χ4n) is 6.23. The molecule has 6 heteroatoms. The van der Waals surface area contributed by atoms with Gasteiger partial charge in [-0.2, -0.15) is 0 Å². The van der Waals surface area contributed by atoms with Crippen LogP contribution < -0.4 is 0 Å². The Kier molecular flexibility index (Phi) is 3.15. The van der Waals surface area contributed by atoms with Crippen LogP contribution in [0.2, 0.25) is 0 Å². The minimum Gasteiger partial charge on any atom is -0.350 e. The van der Waals surface area contributed by atoms with E-state index in [2.05, 4.69) is 24.3 Å². The van der Waals surface area contributed by atoms with E-state index >= 15 is 0 Å². The van der Waals surface area contributed by atoms with Crippen molar-refractivity contribution < 1.29 is 9.47 Å². The molecule has 0 aromatic heterocycles. The third-order valence-electron chi connectivity index (χ3n) is 6.84. The van der Waals surface area contributed by atoms with E-state index in [0.717, 1.165) is 6.42 Å². The Balaban J connectivity index is 1.81. The highest BCUT2D eigenvalue weighted by Crippen LogP contribution is 2.82. The van der Waals surface area contributed by atoms with E-state index in [0.29, 0.717) is 10.1 Å². The van der Waals surface area contributed by atoms with Crippen LogP contribution in [0.15, 0.2) is 34.3 Å². The van der Waals surface area contributed by atoms with Gasteiger partial charge in [0.2, 0.25) is 5.79 Å². The van der Waals surface area contributed by atoms with Gasteiger partial charge in [0.15, 0.2) is 0 Å². The van der Waals surface area contributed by atoms with Gasteiger partial charge in [0.05, 0.1) is 10.1 Å². The quantitative estimate of drug-likeness (QED) is 0.384. The molecule has 0 heterocycles. The van der Waals surface area contributed by atoms with Gasteiger partial charge in [0.25, 0.3) is 0 Å². The molecule has 0 saturated heterocycles. The first-order chi connectivity index (χ1) is 11.4. The van der Waals surface area contributed by atoms with Crippen molar-refractivity contribution in [3.8, 4) is 0 Å². The van der Waals surface area contributed by atoms with E-state index in [1.54, 1.807) is 14.2 Å². The molecule has 2 saturated carbocycles. The Morgan fingerprint density at radius 3 is 1.67 bits per heavy atom. The minimum absolute atomic E-state index is 0.0338. The number of halogens is 4. The molecule has 4 aliphatic carbocycles. The Bertz CT molecular complexity index is 730. The largest absolute Gasteiger partial charge is 0.350 e. The molecule has 0 N–H and O–H groups in total. The van der Waals surface area contributed by atoms with Gasteiger partial charge in [0.1, 0.15) is 9.75 Å². The number of methoxy groups -OCH3 is 2. The summed E-state index contributed by atoms with van der Waals surface area (Å²) in [5, 5.41) is 0.742. The molecular formula is C18H16Cl4O2. The molecule has 1 aromatic rings. The van der Waals surface area contributed by atoms with E-state index in [9.17, 15) is 0 Å². The van der Waals surface area contributed by atoms with Gasteiger partial charge in [-0.1, -0.05) is 47.5 Å². The van der Waals surface area contributed by atoms with Crippen molar-refractivity contribution in [1.29, 1.82) is 0 Å². The molecule has 0 amide bonds. The SMILES string of the molecule is COC1(OC)[C@@]2(Cl)C(Cl)=C(Cl)[C@@]1(Cl)[C@@H]1[C@@H]2[C@H]2C[C@H]1c1ccccc12. The Morgan fingerprint density at radius 2 is 1.29 bits per heavy atom. The molecule has 128 valence electrons. The average molecular weight is 406 g/mol. The van der Waals surface area contributed by atoms with Crippen LogP contribution in [0.5, 0.6) is 0 Å². The van der Waals surface area contributed by atoms with Gasteiger partial charge < -0.3 is 9.47 Å². The van der Waals surface area contributed by atoms with Crippen molar-refractivity contribution in [2.45, 2.75) is 33.8 Å². The monoisotopic (exact) mass is 404 g/mol. The second-order valence-electron chi connectivity index (χ2n) is 7.21. The predicted octanol–water partition coefficient (Wildman–Crippen LogP) is 5.16. The lowest BCUT2D eigenvalue weighted by molar-refractivity contribution is -0.221. The summed E-state index contributed by atoms with van der Waals surface area (Å²) < 4.78 is 11.7. The lowest BCUT2D eigenvalue weighted by Gasteiger charge is -2.42. The van der Waals surface area contributed by atoms with Crippen LogP contribution >= 0.6 is 46.4 Å². The van der Waals surface area contributed by atoms with Gasteiger partial charge >= 0.3 is 0 Å². The summed E-state index contributed by atoms with van der Waals surface area (Å²) in [5.41, 5.74) is 2.69. The molecule has 0 aliphatic heterocycles. The maximum Gasteiger partial charge on any atom is 0.217 e. The first kappa shape index (κ1) is 16.2. The first-order valence-electron chi connectivity index (χ1n) is 8.03. The first-order valence-corrected chi connectivity index (χ1v) is 9.54. The molecule has 4 aliphatic rings. The number of benzene rings is 1. The van der Waals surface area contributed by atoms with Crippen molar-refractivity contribution in [2.24, 2.45) is 11.8 Å². The standard InChI is InChI=1S/C18H16Cl4O2/c1-23-18(24-2)16(21)12-10-7-11(9-6-4-3-5-8(9)10)13(12)17(18,22)15(20)14(16)19/h3-6,10-13H,7H2,1-2H3/t10-,11-,12-,13-,16-,17-/m0/s1. The predicted molar refractivity (Wildman–Crippen MR) is 96.2 cm³/mol. The van der Waals surface area contributed by atoms with Gasteiger partial charge in [-0.05, 0) is 29.4 Å². The van der Waals surface area contributed by atoms with Crippen molar-refractivity contribution in [1.82, 2.24) is 0 Å². The topological polar surface area (TPSA) is 18.5 Å². The number of ether oxygens (including phenoxy) is 2. The lowest BCUT2D eigenvalue weighted by Crippen LogP contribution is -2.58. The van der Waals surface area contributed by atoms with Crippen molar-refractivity contribution in [3.05, 3.63) is 45.5 Å². The number of alkyl halides is 2. The highest BCUT2D eigenvalue weighted by atomic mass is 35.5. The van der Waals surface area contributed by atoms with E-state index in [-0.39, 0.29) is 23.7 Å². The maximum atomic E-state index is 7.21. The molecule has 0 radical (unpaired) electrons. The number of hydrogen-bond donors (Lipinski definition) is 0. The highest BCUT2D eigenvalue weighted by Gasteiger charge is 2.88. The van der Waals surface area contributed by atoms with Gasteiger partial charge in [-0.25, -0.2) is 0 Å². The summed E-state index contributed by atoms with van der Waals surface area (Å²) in [4.78, 5) is -2.15. The molecule has 0 unspecified atom stereocenters. The van der Waals surface area contributed by atoms with Crippen LogP contribution in [0.1, 0.15) is 29.4 Å². The minimum atomic E-state index is -1.27. The van der Waals surface area contributed by atoms with Crippen LogP contribution in [0, 0.1) is 11.8 Å². The smallest absolute Gasteiger partial charge is 0.217 e. The molecule has 1 aromatic carbocycles. The third-order valence-corrected chi connectivity index (χ3v) is 9.48. The zero-order chi connectivity index (χ0) is 17.1. The van der Waals surface area contributed by atoms with Crippen LogP contribution in [0.4, 0.5) is 0 Å². The highest BCUT2D eigenvalue weighted by molar-refractivity contribution is 6.52. The molecule has 6 atom stereocenters. The summed E-state index contributed by atoms with van der Waals surface area (Å²) in [7, 11) is 3.13. The second-order valence-corrected chi connectivity index (χ2v) is 9.15. The normalized spacial score (nSPS) is 46.6. The lowest BCUT2D eigenvalue weighted by atomic mass is 9.70.